The van der Waals surface area contributed by atoms with Crippen molar-refractivity contribution in [2.45, 2.75) is 0 Å². The van der Waals surface area contributed by atoms with Crippen molar-refractivity contribution in [1.29, 1.82) is 0 Å². The Hall–Kier alpha value is -1.70. The predicted octanol–water partition coefficient (Wildman–Crippen LogP) is 3.28. The summed E-state index contributed by atoms with van der Waals surface area (Å²) in [4.78, 5) is 10.3. The highest BCUT2D eigenvalue weighted by Gasteiger charge is 1.95. The minimum Gasteiger partial charge on any atom is -0.145 e. The Balaban J connectivity index is 3.04. The van der Waals surface area contributed by atoms with Crippen molar-refractivity contribution in [3.8, 4) is 0 Å². The molecule has 0 spiro atoms. The molecule has 2 heteroatoms. The molecule has 0 bridgehead atoms. The topological polar surface area (TPSA) is 29.4 Å². The van der Waals surface area contributed by atoms with E-state index in [1.54, 1.807) is 30.4 Å². The normalized spacial score (nSPS) is 10.0. The average Bonchev–Trinajstić information content (AvgIpc) is 2.15. The highest BCUT2D eigenvalue weighted by molar-refractivity contribution is 5.64. The molecule has 12 heavy (non-hydrogen) atoms. The number of benzene rings is 1. The zero-order chi connectivity index (χ0) is 8.81. The molecule has 0 fully saturated rings. The van der Waals surface area contributed by atoms with E-state index in [1.165, 1.54) is 0 Å². The molecule has 1 aromatic carbocycles. The van der Waals surface area contributed by atoms with Crippen LogP contribution >= 0.6 is 0 Å². The molecule has 60 valence electrons. The maximum atomic E-state index is 10.3. The fourth-order valence-electron chi connectivity index (χ4n) is 0.883. The smallest absolute Gasteiger partial charge is 0.115 e. The summed E-state index contributed by atoms with van der Waals surface area (Å²) in [6.45, 7) is 3.54. The van der Waals surface area contributed by atoms with Crippen molar-refractivity contribution in [2.24, 2.45) is 5.18 Å². The van der Waals surface area contributed by atoms with Crippen LogP contribution in [-0.4, -0.2) is 0 Å². The summed E-state index contributed by atoms with van der Waals surface area (Å²) in [6, 6.07) is 7.14. The molecule has 0 unspecified atom stereocenters. The highest BCUT2D eigenvalue weighted by Crippen LogP contribution is 2.19. The van der Waals surface area contributed by atoms with Crippen molar-refractivity contribution < 1.29 is 0 Å². The predicted molar refractivity (Wildman–Crippen MR) is 51.1 cm³/mol. The van der Waals surface area contributed by atoms with Crippen LogP contribution < -0.4 is 0 Å². The Labute approximate surface area is 71.2 Å². The van der Waals surface area contributed by atoms with E-state index in [1.807, 2.05) is 12.1 Å². The molecule has 1 rings (SSSR count). The van der Waals surface area contributed by atoms with Crippen LogP contribution in [0, 0.1) is 4.91 Å². The van der Waals surface area contributed by atoms with Crippen LogP contribution in [0.3, 0.4) is 0 Å². The van der Waals surface area contributed by atoms with Gasteiger partial charge in [0.15, 0.2) is 0 Å². The number of nitroso groups, excluding NO2 is 1. The van der Waals surface area contributed by atoms with Crippen LogP contribution in [0.2, 0.25) is 0 Å². The highest BCUT2D eigenvalue weighted by atomic mass is 16.3. The molecular formula is C10H9NO. The van der Waals surface area contributed by atoms with Gasteiger partial charge in [-0.05, 0) is 11.2 Å². The first-order valence-corrected chi connectivity index (χ1v) is 3.60. The molecule has 0 aromatic heterocycles. The number of nitrogens with zero attached hydrogens (tertiary/aromatic N) is 1. The molecule has 0 heterocycles. The number of hydrogen-bond acceptors (Lipinski definition) is 2. The second kappa shape index (κ2) is 4.23. The van der Waals surface area contributed by atoms with Crippen molar-refractivity contribution in [3.05, 3.63) is 53.5 Å². The van der Waals surface area contributed by atoms with Gasteiger partial charge in [0.2, 0.25) is 0 Å². The van der Waals surface area contributed by atoms with E-state index >= 15 is 0 Å². The van der Waals surface area contributed by atoms with Crippen molar-refractivity contribution >= 4 is 11.8 Å². The van der Waals surface area contributed by atoms with E-state index in [0.29, 0.717) is 5.69 Å². The maximum absolute atomic E-state index is 10.3. The lowest BCUT2D eigenvalue weighted by molar-refractivity contribution is 1.48. The van der Waals surface area contributed by atoms with Gasteiger partial charge < -0.3 is 0 Å². The van der Waals surface area contributed by atoms with Gasteiger partial charge in [-0.25, -0.2) is 0 Å². The van der Waals surface area contributed by atoms with E-state index in [0.717, 1.165) is 5.56 Å². The zero-order valence-electron chi connectivity index (χ0n) is 6.60. The van der Waals surface area contributed by atoms with Crippen LogP contribution in [0.1, 0.15) is 5.56 Å². The first-order chi connectivity index (χ1) is 5.88. The van der Waals surface area contributed by atoms with Gasteiger partial charge in [-0.1, -0.05) is 43.0 Å². The summed E-state index contributed by atoms with van der Waals surface area (Å²) in [5.74, 6) is 0. The molecular weight excluding hydrogens is 150 g/mol. The summed E-state index contributed by atoms with van der Waals surface area (Å²) in [6.07, 6.45) is 5.22. The van der Waals surface area contributed by atoms with Gasteiger partial charge in [-0.15, -0.1) is 4.91 Å². The van der Waals surface area contributed by atoms with Crippen LogP contribution in [0.5, 0.6) is 0 Å². The second-order valence-electron chi connectivity index (χ2n) is 2.24. The number of rotatable bonds is 3. The van der Waals surface area contributed by atoms with Gasteiger partial charge in [0.25, 0.3) is 0 Å². The summed E-state index contributed by atoms with van der Waals surface area (Å²) in [7, 11) is 0. The van der Waals surface area contributed by atoms with Gasteiger partial charge in [0.1, 0.15) is 5.69 Å². The van der Waals surface area contributed by atoms with Crippen molar-refractivity contribution in [1.82, 2.24) is 0 Å². The molecule has 1 aromatic rings. The summed E-state index contributed by atoms with van der Waals surface area (Å²) >= 11 is 0. The number of hydrogen-bond donors (Lipinski definition) is 0. The largest absolute Gasteiger partial charge is 0.145 e. The Morgan fingerprint density at radius 3 is 2.75 bits per heavy atom. The quantitative estimate of drug-likeness (QED) is 0.491. The summed E-state index contributed by atoms with van der Waals surface area (Å²) in [5, 5.41) is 2.89. The molecule has 0 saturated heterocycles. The zero-order valence-corrected chi connectivity index (χ0v) is 6.60. The van der Waals surface area contributed by atoms with Gasteiger partial charge in [0.05, 0.1) is 0 Å². The molecule has 0 atom stereocenters. The van der Waals surface area contributed by atoms with Gasteiger partial charge in [0, 0.05) is 5.56 Å². The van der Waals surface area contributed by atoms with E-state index in [2.05, 4.69) is 11.8 Å². The fourth-order valence-corrected chi connectivity index (χ4v) is 0.883. The monoisotopic (exact) mass is 159 g/mol. The standard InChI is InChI=1S/C10H9NO/c1-2-3-6-9-7-4-5-8-10(9)11-12/h2-8H,1H2/b6-3+. The SMILES string of the molecule is C=C/C=C/c1ccccc1N=O. The Morgan fingerprint density at radius 1 is 1.33 bits per heavy atom. The third-order valence-corrected chi connectivity index (χ3v) is 1.45. The summed E-state index contributed by atoms with van der Waals surface area (Å²) < 4.78 is 0. The second-order valence-corrected chi connectivity index (χ2v) is 2.24. The van der Waals surface area contributed by atoms with E-state index < -0.39 is 0 Å². The molecule has 0 saturated carbocycles. The average molecular weight is 159 g/mol. The van der Waals surface area contributed by atoms with E-state index in [-0.39, 0.29) is 0 Å². The first kappa shape index (κ1) is 8.40. The van der Waals surface area contributed by atoms with Crippen molar-refractivity contribution in [3.63, 3.8) is 0 Å². The maximum Gasteiger partial charge on any atom is 0.115 e. The molecule has 0 amide bonds. The Bertz CT molecular complexity index is 315. The van der Waals surface area contributed by atoms with Gasteiger partial charge in [-0.2, -0.15) is 0 Å². The summed E-state index contributed by atoms with van der Waals surface area (Å²) in [5.41, 5.74) is 1.27. The molecule has 0 aliphatic carbocycles. The Kier molecular flexibility index (Phi) is 2.96. The lowest BCUT2D eigenvalue weighted by atomic mass is 10.2. The van der Waals surface area contributed by atoms with Gasteiger partial charge in [-0.3, -0.25) is 0 Å². The minimum atomic E-state index is 0.454. The molecule has 0 aliphatic rings. The molecule has 2 nitrogen and oxygen atoms in total. The lowest BCUT2D eigenvalue weighted by Crippen LogP contribution is -1.71. The molecule has 0 aliphatic heterocycles. The van der Waals surface area contributed by atoms with Gasteiger partial charge >= 0.3 is 0 Å². The van der Waals surface area contributed by atoms with E-state index in [4.69, 9.17) is 0 Å². The molecule has 0 N–H and O–H groups in total. The van der Waals surface area contributed by atoms with Crippen molar-refractivity contribution in [2.75, 3.05) is 0 Å². The fraction of sp³-hybridized carbons (Fsp3) is 0. The molecule has 0 radical (unpaired) electrons. The van der Waals surface area contributed by atoms with E-state index in [9.17, 15) is 4.91 Å². The van der Waals surface area contributed by atoms with Crippen LogP contribution in [-0.2, 0) is 0 Å². The first-order valence-electron chi connectivity index (χ1n) is 3.60. The third-order valence-electron chi connectivity index (χ3n) is 1.45. The Morgan fingerprint density at radius 2 is 2.08 bits per heavy atom. The van der Waals surface area contributed by atoms with Crippen LogP contribution in [0.4, 0.5) is 5.69 Å². The lowest BCUT2D eigenvalue weighted by Gasteiger charge is -1.93. The third kappa shape index (κ3) is 1.89. The minimum absolute atomic E-state index is 0.454. The van der Waals surface area contributed by atoms with Crippen LogP contribution in [0.25, 0.3) is 6.08 Å². The number of allylic oxidation sites excluding steroid dienone is 2. The van der Waals surface area contributed by atoms with Crippen LogP contribution in [0.15, 0.2) is 48.2 Å².